The maximum Gasteiger partial charge on any atom is 0.231 e. The first-order valence-corrected chi connectivity index (χ1v) is 9.49. The number of carbonyl (C=O) groups is 1. The summed E-state index contributed by atoms with van der Waals surface area (Å²) >= 11 is 0. The summed E-state index contributed by atoms with van der Waals surface area (Å²) in [5.74, 6) is -1.07. The van der Waals surface area contributed by atoms with Gasteiger partial charge in [-0.3, -0.25) is 9.69 Å². The van der Waals surface area contributed by atoms with E-state index in [-0.39, 0.29) is 11.5 Å². The van der Waals surface area contributed by atoms with Crippen molar-refractivity contribution >= 4 is 11.9 Å². The summed E-state index contributed by atoms with van der Waals surface area (Å²) in [6.07, 6.45) is 5.18. The van der Waals surface area contributed by atoms with Crippen molar-refractivity contribution in [3.8, 4) is 11.5 Å². The Morgan fingerprint density at radius 3 is 2.64 bits per heavy atom. The number of nitrogens with zero attached hydrogens (tertiary/aromatic N) is 1. The molecule has 1 fully saturated rings. The van der Waals surface area contributed by atoms with Crippen LogP contribution < -0.4 is 9.47 Å². The highest BCUT2D eigenvalue weighted by Gasteiger charge is 2.27. The molecule has 4 rings (SSSR count). The molecular weight excluding hydrogens is 364 g/mol. The van der Waals surface area contributed by atoms with Crippen molar-refractivity contribution < 1.29 is 23.0 Å². The maximum absolute atomic E-state index is 13.4. The summed E-state index contributed by atoms with van der Waals surface area (Å²) in [6, 6.07) is 8.53. The lowest BCUT2D eigenvalue weighted by molar-refractivity contribution is 0.101. The van der Waals surface area contributed by atoms with Crippen LogP contribution in [0.3, 0.4) is 0 Å². The highest BCUT2D eigenvalue weighted by molar-refractivity contribution is 6.14. The monoisotopic (exact) mass is 385 g/mol. The smallest absolute Gasteiger partial charge is 0.231 e. The Balaban J connectivity index is 1.42. The minimum absolute atomic E-state index is 0.0754. The molecule has 0 N–H and O–H groups in total. The third-order valence-electron chi connectivity index (χ3n) is 5.01. The molecule has 146 valence electrons. The summed E-state index contributed by atoms with van der Waals surface area (Å²) in [5, 5.41) is 0. The number of likely N-dealkylation sites (tertiary alicyclic amines) is 1. The molecule has 4 nitrogen and oxygen atoms in total. The van der Waals surface area contributed by atoms with Crippen LogP contribution in [-0.4, -0.2) is 36.9 Å². The highest BCUT2D eigenvalue weighted by atomic mass is 19.2. The van der Waals surface area contributed by atoms with Crippen molar-refractivity contribution in [1.29, 1.82) is 0 Å². The molecule has 2 aliphatic rings. The number of carbonyl (C=O) groups excluding carboxylic acids is 1. The molecule has 2 heterocycles. The van der Waals surface area contributed by atoms with Crippen LogP contribution in [0.15, 0.2) is 42.2 Å². The summed E-state index contributed by atoms with van der Waals surface area (Å²) in [7, 11) is 0. The van der Waals surface area contributed by atoms with E-state index in [2.05, 4.69) is 4.90 Å². The normalized spacial score (nSPS) is 18.2. The summed E-state index contributed by atoms with van der Waals surface area (Å²) in [6.45, 7) is 3.68. The van der Waals surface area contributed by atoms with Crippen LogP contribution in [0.1, 0.15) is 35.2 Å². The predicted molar refractivity (Wildman–Crippen MR) is 102 cm³/mol. The Morgan fingerprint density at radius 2 is 1.86 bits per heavy atom. The molecule has 2 aromatic rings. The van der Waals surface area contributed by atoms with Crippen molar-refractivity contribution in [2.75, 3.05) is 26.2 Å². The first-order valence-electron chi connectivity index (χ1n) is 9.49. The van der Waals surface area contributed by atoms with Gasteiger partial charge < -0.3 is 9.47 Å². The second-order valence-corrected chi connectivity index (χ2v) is 7.02. The maximum atomic E-state index is 13.4. The van der Waals surface area contributed by atoms with E-state index >= 15 is 0 Å². The van der Waals surface area contributed by atoms with E-state index in [4.69, 9.17) is 9.47 Å². The van der Waals surface area contributed by atoms with Crippen molar-refractivity contribution in [2.45, 2.75) is 19.3 Å². The van der Waals surface area contributed by atoms with Gasteiger partial charge in [-0.05, 0) is 61.8 Å². The van der Waals surface area contributed by atoms with Crippen LogP contribution in [0, 0.1) is 11.6 Å². The van der Waals surface area contributed by atoms with E-state index in [1.54, 1.807) is 18.2 Å². The van der Waals surface area contributed by atoms with E-state index in [0.717, 1.165) is 31.8 Å². The molecule has 0 amide bonds. The van der Waals surface area contributed by atoms with Crippen molar-refractivity contribution in [1.82, 2.24) is 4.90 Å². The van der Waals surface area contributed by atoms with E-state index in [1.165, 1.54) is 31.4 Å². The van der Waals surface area contributed by atoms with E-state index < -0.39 is 11.6 Å². The SMILES string of the molecule is O=C1/C(=C/c2ccc(F)c(F)c2)Oc2cc(OCCN3CCCCC3)ccc21. The fourth-order valence-corrected chi connectivity index (χ4v) is 3.49. The molecule has 2 aliphatic heterocycles. The van der Waals surface area contributed by atoms with Gasteiger partial charge in [0.05, 0.1) is 5.56 Å². The van der Waals surface area contributed by atoms with Crippen molar-refractivity contribution in [3.63, 3.8) is 0 Å². The van der Waals surface area contributed by atoms with Crippen LogP contribution in [0.25, 0.3) is 6.08 Å². The number of hydrogen-bond acceptors (Lipinski definition) is 4. The van der Waals surface area contributed by atoms with Crippen LogP contribution in [0.4, 0.5) is 8.78 Å². The minimum atomic E-state index is -0.971. The number of allylic oxidation sites excluding steroid dienone is 1. The van der Waals surface area contributed by atoms with Gasteiger partial charge in [0, 0.05) is 12.6 Å². The molecule has 0 saturated carbocycles. The van der Waals surface area contributed by atoms with Gasteiger partial charge in [-0.25, -0.2) is 8.78 Å². The van der Waals surface area contributed by atoms with Gasteiger partial charge in [-0.2, -0.15) is 0 Å². The minimum Gasteiger partial charge on any atom is -0.492 e. The Labute approximate surface area is 162 Å². The van der Waals surface area contributed by atoms with E-state index in [0.29, 0.717) is 29.2 Å². The second kappa shape index (κ2) is 8.10. The lowest BCUT2D eigenvalue weighted by Gasteiger charge is -2.26. The van der Waals surface area contributed by atoms with Gasteiger partial charge in [-0.1, -0.05) is 12.5 Å². The number of fused-ring (bicyclic) bond motifs is 1. The molecule has 0 spiro atoms. The highest BCUT2D eigenvalue weighted by Crippen LogP contribution is 2.35. The number of ether oxygens (including phenoxy) is 2. The molecular formula is C22H21F2NO3. The molecule has 28 heavy (non-hydrogen) atoms. The van der Waals surface area contributed by atoms with Gasteiger partial charge in [0.1, 0.15) is 18.1 Å². The van der Waals surface area contributed by atoms with Gasteiger partial charge in [-0.15, -0.1) is 0 Å². The lowest BCUT2D eigenvalue weighted by atomic mass is 10.1. The van der Waals surface area contributed by atoms with Gasteiger partial charge in [0.25, 0.3) is 0 Å². The Kier molecular flexibility index (Phi) is 5.39. The number of Topliss-reactive ketones (excluding diaryl/α,β-unsaturated/α-hetero) is 1. The molecule has 0 unspecified atom stereocenters. The Morgan fingerprint density at radius 1 is 1.04 bits per heavy atom. The zero-order valence-corrected chi connectivity index (χ0v) is 15.4. The third-order valence-corrected chi connectivity index (χ3v) is 5.01. The summed E-state index contributed by atoms with van der Waals surface area (Å²) in [4.78, 5) is 14.9. The third kappa shape index (κ3) is 4.07. The number of halogens is 2. The molecule has 0 bridgehead atoms. The Hall–Kier alpha value is -2.73. The van der Waals surface area contributed by atoms with E-state index in [1.807, 2.05) is 0 Å². The van der Waals surface area contributed by atoms with Crippen LogP contribution in [0.5, 0.6) is 11.5 Å². The summed E-state index contributed by atoms with van der Waals surface area (Å²) in [5.41, 5.74) is 0.783. The number of piperidine rings is 1. The standard InChI is InChI=1S/C22H21F2NO3/c23-18-7-4-15(12-19(18)24)13-21-22(26)17-6-5-16(14-20(17)28-21)27-11-10-25-8-2-1-3-9-25/h4-7,12-14H,1-3,8-11H2/b21-13-. The van der Waals surface area contributed by atoms with Crippen molar-refractivity contribution in [2.24, 2.45) is 0 Å². The fourth-order valence-electron chi connectivity index (χ4n) is 3.49. The van der Waals surface area contributed by atoms with Gasteiger partial charge in [0.2, 0.25) is 5.78 Å². The topological polar surface area (TPSA) is 38.8 Å². The zero-order chi connectivity index (χ0) is 19.5. The number of benzene rings is 2. The van der Waals surface area contributed by atoms with Crippen molar-refractivity contribution in [3.05, 3.63) is 64.9 Å². The zero-order valence-electron chi connectivity index (χ0n) is 15.4. The average Bonchev–Trinajstić information content (AvgIpc) is 3.00. The average molecular weight is 385 g/mol. The number of hydrogen-bond donors (Lipinski definition) is 0. The molecule has 0 radical (unpaired) electrons. The number of rotatable bonds is 5. The summed E-state index contributed by atoms with van der Waals surface area (Å²) < 4.78 is 37.9. The van der Waals surface area contributed by atoms with E-state index in [9.17, 15) is 13.6 Å². The predicted octanol–water partition coefficient (Wildman–Crippen LogP) is 4.45. The largest absolute Gasteiger partial charge is 0.492 e. The van der Waals surface area contributed by atoms with Gasteiger partial charge in [0.15, 0.2) is 17.4 Å². The number of ketones is 1. The first-order chi connectivity index (χ1) is 13.6. The second-order valence-electron chi connectivity index (χ2n) is 7.02. The molecule has 6 heteroatoms. The lowest BCUT2D eigenvalue weighted by Crippen LogP contribution is -2.33. The molecule has 0 aliphatic carbocycles. The fraction of sp³-hybridized carbons (Fsp3) is 0.318. The van der Waals surface area contributed by atoms with Gasteiger partial charge >= 0.3 is 0 Å². The quantitative estimate of drug-likeness (QED) is 0.713. The molecule has 2 aromatic carbocycles. The molecule has 0 aromatic heterocycles. The molecule has 0 atom stereocenters. The first kappa shape index (κ1) is 18.6. The van der Waals surface area contributed by atoms with Crippen LogP contribution >= 0.6 is 0 Å². The molecule has 1 saturated heterocycles. The van der Waals surface area contributed by atoms with Crippen LogP contribution in [-0.2, 0) is 0 Å². The van der Waals surface area contributed by atoms with Crippen LogP contribution in [0.2, 0.25) is 0 Å². The Bertz CT molecular complexity index is 920.